The number of cyclic esters (lactones) is 1. The minimum absolute atomic E-state index is 0.0139. The van der Waals surface area contributed by atoms with Crippen molar-refractivity contribution in [3.8, 4) is 0 Å². The molecule has 184 valence electrons. The monoisotopic (exact) mass is 556 g/mol. The fourth-order valence-electron chi connectivity index (χ4n) is 3.71. The van der Waals surface area contributed by atoms with Crippen LogP contribution in [0.2, 0.25) is 0 Å². The largest absolute Gasteiger partial charge is 0.439 e. The van der Waals surface area contributed by atoms with Crippen LogP contribution in [0.5, 0.6) is 0 Å². The SMILES string of the molecule is C[C@H]1[C@@H](c2cc(C(F)(F)F)cc(C(F)(F)F)c2)OC(=O)N1Cc1nc(N2CC(F)C2)ncc1Br. The summed E-state index contributed by atoms with van der Waals surface area (Å²) in [5.41, 5.74) is -3.11. The Bertz CT molecular complexity index is 1070. The van der Waals surface area contributed by atoms with E-state index in [1.165, 1.54) is 13.1 Å². The molecule has 0 radical (unpaired) electrons. The second-order valence-electron chi connectivity index (χ2n) is 7.98. The molecule has 34 heavy (non-hydrogen) atoms. The van der Waals surface area contributed by atoms with E-state index < -0.39 is 53.5 Å². The Morgan fingerprint density at radius 2 is 1.68 bits per heavy atom. The van der Waals surface area contributed by atoms with Crippen LogP contribution in [0.15, 0.2) is 28.9 Å². The van der Waals surface area contributed by atoms with Crippen LogP contribution >= 0.6 is 15.9 Å². The van der Waals surface area contributed by atoms with Crippen LogP contribution in [0, 0.1) is 0 Å². The van der Waals surface area contributed by atoms with E-state index in [1.54, 1.807) is 4.90 Å². The van der Waals surface area contributed by atoms with Gasteiger partial charge in [0.2, 0.25) is 5.95 Å². The lowest BCUT2D eigenvalue weighted by Crippen LogP contribution is -2.49. The molecule has 2 atom stereocenters. The van der Waals surface area contributed by atoms with Crippen molar-refractivity contribution in [2.24, 2.45) is 0 Å². The molecule has 6 nitrogen and oxygen atoms in total. The second-order valence-corrected chi connectivity index (χ2v) is 8.83. The molecule has 0 aliphatic carbocycles. The van der Waals surface area contributed by atoms with E-state index in [0.29, 0.717) is 22.3 Å². The van der Waals surface area contributed by atoms with Crippen molar-refractivity contribution in [3.63, 3.8) is 0 Å². The standard InChI is InChI=1S/C20H16BrF7N4O2/c1-9-16(10-2-11(19(23,24)25)4-12(3-10)20(26,27)28)34-18(33)32(9)8-15-14(21)5-29-17(30-15)31-6-13(22)7-31/h2-5,9,13,16H,6-8H2,1H3/t9-,16-/m0/s1. The first-order chi connectivity index (χ1) is 15.7. The summed E-state index contributed by atoms with van der Waals surface area (Å²) in [5, 5.41) is 0. The smallest absolute Gasteiger partial charge is 0.416 e. The van der Waals surface area contributed by atoms with Crippen molar-refractivity contribution in [3.05, 3.63) is 51.3 Å². The Morgan fingerprint density at radius 1 is 1.09 bits per heavy atom. The van der Waals surface area contributed by atoms with Crippen LogP contribution in [-0.4, -0.2) is 46.3 Å². The highest BCUT2D eigenvalue weighted by atomic mass is 79.9. The van der Waals surface area contributed by atoms with Gasteiger partial charge in [0.25, 0.3) is 0 Å². The highest BCUT2D eigenvalue weighted by Gasteiger charge is 2.43. The quantitative estimate of drug-likeness (QED) is 0.464. The normalized spacial score (nSPS) is 21.6. The van der Waals surface area contributed by atoms with E-state index in [9.17, 15) is 35.5 Å². The molecule has 1 amide bonds. The zero-order valence-electron chi connectivity index (χ0n) is 17.3. The predicted molar refractivity (Wildman–Crippen MR) is 108 cm³/mol. The molecule has 4 rings (SSSR count). The number of carbonyl (C=O) groups is 1. The van der Waals surface area contributed by atoms with E-state index in [1.807, 2.05) is 0 Å². The van der Waals surface area contributed by atoms with E-state index in [4.69, 9.17) is 4.74 Å². The fourth-order valence-corrected chi connectivity index (χ4v) is 4.02. The molecule has 14 heteroatoms. The van der Waals surface area contributed by atoms with Gasteiger partial charge in [0.05, 0.1) is 47.0 Å². The number of nitrogens with zero attached hydrogens (tertiary/aromatic N) is 4. The maximum absolute atomic E-state index is 13.2. The number of carbonyl (C=O) groups excluding carboxylic acids is 1. The highest BCUT2D eigenvalue weighted by Crippen LogP contribution is 2.41. The summed E-state index contributed by atoms with van der Waals surface area (Å²) in [4.78, 5) is 23.6. The molecule has 2 aliphatic heterocycles. The topological polar surface area (TPSA) is 58.6 Å². The summed E-state index contributed by atoms with van der Waals surface area (Å²) in [6.45, 7) is 1.51. The lowest BCUT2D eigenvalue weighted by molar-refractivity contribution is -0.143. The van der Waals surface area contributed by atoms with Crippen molar-refractivity contribution < 1.29 is 40.3 Å². The average molecular weight is 557 g/mol. The lowest BCUT2D eigenvalue weighted by Gasteiger charge is -2.34. The van der Waals surface area contributed by atoms with Gasteiger partial charge in [-0.3, -0.25) is 4.90 Å². The first-order valence-electron chi connectivity index (χ1n) is 9.91. The van der Waals surface area contributed by atoms with Gasteiger partial charge in [0.15, 0.2) is 0 Å². The number of hydrogen-bond donors (Lipinski definition) is 0. The predicted octanol–water partition coefficient (Wildman–Crippen LogP) is 5.52. The lowest BCUT2D eigenvalue weighted by atomic mass is 9.97. The van der Waals surface area contributed by atoms with Gasteiger partial charge < -0.3 is 9.64 Å². The van der Waals surface area contributed by atoms with Crippen molar-refractivity contribution in [2.75, 3.05) is 18.0 Å². The van der Waals surface area contributed by atoms with E-state index in [-0.39, 0.29) is 31.6 Å². The molecule has 3 heterocycles. The third kappa shape index (κ3) is 4.77. The third-order valence-corrected chi connectivity index (χ3v) is 6.24. The van der Waals surface area contributed by atoms with Crippen LogP contribution < -0.4 is 4.90 Å². The number of ether oxygens (including phenoxy) is 1. The van der Waals surface area contributed by atoms with Gasteiger partial charge in [-0.05, 0) is 46.6 Å². The van der Waals surface area contributed by atoms with Crippen molar-refractivity contribution in [1.82, 2.24) is 14.9 Å². The number of alkyl halides is 7. The number of rotatable bonds is 4. The van der Waals surface area contributed by atoms with Crippen LogP contribution in [0.1, 0.15) is 35.4 Å². The summed E-state index contributed by atoms with van der Waals surface area (Å²) in [5.74, 6) is 0.233. The number of benzene rings is 1. The number of aromatic nitrogens is 2. The Morgan fingerprint density at radius 3 is 2.21 bits per heavy atom. The Hall–Kier alpha value is -2.64. The van der Waals surface area contributed by atoms with Crippen LogP contribution in [0.25, 0.3) is 0 Å². The second kappa shape index (κ2) is 8.54. The molecule has 0 bridgehead atoms. The van der Waals surface area contributed by atoms with E-state index in [0.717, 1.165) is 4.90 Å². The van der Waals surface area contributed by atoms with Gasteiger partial charge in [-0.1, -0.05) is 0 Å². The number of amides is 1. The van der Waals surface area contributed by atoms with Crippen molar-refractivity contribution in [1.29, 1.82) is 0 Å². The van der Waals surface area contributed by atoms with Crippen LogP contribution in [0.4, 0.5) is 41.5 Å². The first-order valence-corrected chi connectivity index (χ1v) is 10.7. The van der Waals surface area contributed by atoms with Crippen molar-refractivity contribution >= 4 is 28.0 Å². The maximum Gasteiger partial charge on any atom is 0.416 e. The van der Waals surface area contributed by atoms with E-state index >= 15 is 0 Å². The van der Waals surface area contributed by atoms with Gasteiger partial charge in [-0.15, -0.1) is 0 Å². The average Bonchev–Trinajstić information content (AvgIpc) is 3.00. The molecule has 0 spiro atoms. The van der Waals surface area contributed by atoms with Gasteiger partial charge >= 0.3 is 18.4 Å². The molecule has 0 N–H and O–H groups in total. The molecule has 1 aromatic carbocycles. The van der Waals surface area contributed by atoms with Crippen LogP contribution in [0.3, 0.4) is 0 Å². The molecular formula is C20H16BrF7N4O2. The minimum Gasteiger partial charge on any atom is -0.439 e. The Kier molecular flexibility index (Phi) is 6.15. The molecule has 1 aromatic heterocycles. The minimum atomic E-state index is -5.03. The summed E-state index contributed by atoms with van der Waals surface area (Å²) >= 11 is 3.25. The zero-order chi connectivity index (χ0) is 25.0. The maximum atomic E-state index is 13.2. The molecule has 2 fully saturated rings. The number of halogens is 8. The molecule has 0 saturated carbocycles. The molecule has 2 aliphatic rings. The Balaban J connectivity index is 1.61. The van der Waals surface area contributed by atoms with Crippen molar-refractivity contribution in [2.45, 2.75) is 44.1 Å². The summed E-state index contributed by atoms with van der Waals surface area (Å²) in [6.07, 6.45) is -11.9. The van der Waals surface area contributed by atoms with Gasteiger partial charge in [-0.25, -0.2) is 19.2 Å². The summed E-state index contributed by atoms with van der Waals surface area (Å²) in [6, 6.07) is 0.188. The molecule has 0 unspecified atom stereocenters. The summed E-state index contributed by atoms with van der Waals surface area (Å²) in [7, 11) is 0. The van der Waals surface area contributed by atoms with Gasteiger partial charge in [-0.2, -0.15) is 26.3 Å². The molecule has 2 aromatic rings. The third-order valence-electron chi connectivity index (χ3n) is 5.57. The molecular weight excluding hydrogens is 541 g/mol. The van der Waals surface area contributed by atoms with E-state index in [2.05, 4.69) is 25.9 Å². The highest BCUT2D eigenvalue weighted by molar-refractivity contribution is 9.10. The number of anilines is 1. The first kappa shape index (κ1) is 24.5. The Labute approximate surface area is 196 Å². The van der Waals surface area contributed by atoms with Gasteiger partial charge in [0.1, 0.15) is 12.3 Å². The number of hydrogen-bond acceptors (Lipinski definition) is 5. The molecule has 2 saturated heterocycles. The summed E-state index contributed by atoms with van der Waals surface area (Å²) < 4.78 is 98.2. The fraction of sp³-hybridized carbons (Fsp3) is 0.450. The zero-order valence-corrected chi connectivity index (χ0v) is 18.9. The van der Waals surface area contributed by atoms with Crippen LogP contribution in [-0.2, 0) is 23.6 Å². The van der Waals surface area contributed by atoms with Gasteiger partial charge in [0, 0.05) is 6.20 Å².